The Morgan fingerprint density at radius 1 is 1.53 bits per heavy atom. The summed E-state index contributed by atoms with van der Waals surface area (Å²) in [6, 6.07) is 8.11. The first-order valence-electron chi connectivity index (χ1n) is 5.50. The second-order valence-electron chi connectivity index (χ2n) is 4.26. The molecule has 0 heterocycles. The maximum atomic E-state index is 11.7. The Labute approximate surface area is 101 Å². The van der Waals surface area contributed by atoms with E-state index >= 15 is 0 Å². The van der Waals surface area contributed by atoms with Crippen molar-refractivity contribution >= 4 is 5.91 Å². The average Bonchev–Trinajstić information content (AvgIpc) is 2.25. The molecule has 2 N–H and O–H groups in total. The number of carbonyl (C=O) groups excluding carboxylic acids is 1. The Balaban J connectivity index is 2.59. The predicted octanol–water partition coefficient (Wildman–Crippen LogP) is 1.60. The zero-order valence-electron chi connectivity index (χ0n) is 9.97. The summed E-state index contributed by atoms with van der Waals surface area (Å²) >= 11 is 0. The Hall–Kier alpha value is -2.02. The SMILES string of the molecule is CC(C)C(C#N)NC(=O)Cc1cccc(O)c1. The number of phenolic OH excluding ortho intramolecular Hbond substituents is 1. The van der Waals surface area contributed by atoms with E-state index < -0.39 is 6.04 Å². The molecule has 1 atom stereocenters. The van der Waals surface area contributed by atoms with Gasteiger partial charge in [-0.2, -0.15) is 5.26 Å². The lowest BCUT2D eigenvalue weighted by atomic mass is 10.1. The van der Waals surface area contributed by atoms with E-state index in [4.69, 9.17) is 5.26 Å². The minimum atomic E-state index is -0.472. The van der Waals surface area contributed by atoms with E-state index in [1.807, 2.05) is 19.9 Å². The van der Waals surface area contributed by atoms with Crippen molar-refractivity contribution in [3.8, 4) is 11.8 Å². The fourth-order valence-electron chi connectivity index (χ4n) is 1.42. The van der Waals surface area contributed by atoms with Crippen LogP contribution in [0.2, 0.25) is 0 Å². The first kappa shape index (κ1) is 13.0. The fraction of sp³-hybridized carbons (Fsp3) is 0.385. The third kappa shape index (κ3) is 4.15. The molecule has 0 radical (unpaired) electrons. The molecule has 0 aliphatic carbocycles. The van der Waals surface area contributed by atoms with Gasteiger partial charge < -0.3 is 10.4 Å². The van der Waals surface area contributed by atoms with Gasteiger partial charge in [0.05, 0.1) is 12.5 Å². The second kappa shape index (κ2) is 5.90. The van der Waals surface area contributed by atoms with Crippen LogP contribution in [0.4, 0.5) is 0 Å². The molecule has 0 aliphatic heterocycles. The maximum absolute atomic E-state index is 11.7. The molecule has 0 aliphatic rings. The van der Waals surface area contributed by atoms with Crippen LogP contribution in [0, 0.1) is 17.2 Å². The number of carbonyl (C=O) groups is 1. The normalized spacial score (nSPS) is 11.9. The summed E-state index contributed by atoms with van der Waals surface area (Å²) in [6.07, 6.45) is 0.166. The highest BCUT2D eigenvalue weighted by atomic mass is 16.3. The van der Waals surface area contributed by atoms with Crippen LogP contribution in [-0.2, 0) is 11.2 Å². The van der Waals surface area contributed by atoms with E-state index in [0.717, 1.165) is 5.56 Å². The van der Waals surface area contributed by atoms with Gasteiger partial charge in [0.1, 0.15) is 11.8 Å². The zero-order valence-corrected chi connectivity index (χ0v) is 9.97. The van der Waals surface area contributed by atoms with Gasteiger partial charge in [0, 0.05) is 0 Å². The largest absolute Gasteiger partial charge is 0.508 e. The predicted molar refractivity (Wildman–Crippen MR) is 64.2 cm³/mol. The van der Waals surface area contributed by atoms with Crippen molar-refractivity contribution in [3.05, 3.63) is 29.8 Å². The Morgan fingerprint density at radius 2 is 2.24 bits per heavy atom. The van der Waals surface area contributed by atoms with Gasteiger partial charge in [0.15, 0.2) is 0 Å². The maximum Gasteiger partial charge on any atom is 0.225 e. The highest BCUT2D eigenvalue weighted by Crippen LogP contribution is 2.11. The van der Waals surface area contributed by atoms with Gasteiger partial charge >= 0.3 is 0 Å². The molecule has 1 rings (SSSR count). The number of phenols is 1. The number of nitriles is 1. The van der Waals surface area contributed by atoms with Crippen molar-refractivity contribution in [3.63, 3.8) is 0 Å². The minimum Gasteiger partial charge on any atom is -0.508 e. The smallest absolute Gasteiger partial charge is 0.225 e. The molecule has 1 aromatic carbocycles. The summed E-state index contributed by atoms with van der Waals surface area (Å²) in [5.41, 5.74) is 0.725. The molecule has 0 saturated carbocycles. The number of benzene rings is 1. The third-order valence-corrected chi connectivity index (χ3v) is 2.40. The first-order chi connectivity index (χ1) is 8.02. The standard InChI is InChI=1S/C13H16N2O2/c1-9(2)12(8-14)15-13(17)7-10-4-3-5-11(16)6-10/h3-6,9,12,16H,7H2,1-2H3,(H,15,17). The lowest BCUT2D eigenvalue weighted by Crippen LogP contribution is -2.38. The van der Waals surface area contributed by atoms with E-state index in [0.29, 0.717) is 0 Å². The minimum absolute atomic E-state index is 0.0770. The molecule has 0 spiro atoms. The highest BCUT2D eigenvalue weighted by Gasteiger charge is 2.15. The van der Waals surface area contributed by atoms with Crippen molar-refractivity contribution in [2.24, 2.45) is 5.92 Å². The van der Waals surface area contributed by atoms with Crippen molar-refractivity contribution in [1.29, 1.82) is 5.26 Å². The van der Waals surface area contributed by atoms with Crippen molar-refractivity contribution < 1.29 is 9.90 Å². The van der Waals surface area contributed by atoms with Crippen LogP contribution >= 0.6 is 0 Å². The third-order valence-electron chi connectivity index (χ3n) is 2.40. The first-order valence-corrected chi connectivity index (χ1v) is 5.50. The Morgan fingerprint density at radius 3 is 2.76 bits per heavy atom. The molecular formula is C13H16N2O2. The number of aromatic hydroxyl groups is 1. The van der Waals surface area contributed by atoms with Crippen LogP contribution in [0.3, 0.4) is 0 Å². The van der Waals surface area contributed by atoms with Crippen LogP contribution < -0.4 is 5.32 Å². The number of hydrogen-bond acceptors (Lipinski definition) is 3. The van der Waals surface area contributed by atoms with E-state index in [1.54, 1.807) is 18.2 Å². The Kier molecular flexibility index (Phi) is 4.53. The summed E-state index contributed by atoms with van der Waals surface area (Å²) in [5.74, 6) is -0.0000288. The summed E-state index contributed by atoms with van der Waals surface area (Å²) in [5, 5.41) is 20.8. The molecule has 0 saturated heterocycles. The summed E-state index contributed by atoms with van der Waals surface area (Å²) in [7, 11) is 0. The van der Waals surface area contributed by atoms with Crippen LogP contribution in [0.5, 0.6) is 5.75 Å². The second-order valence-corrected chi connectivity index (χ2v) is 4.26. The lowest BCUT2D eigenvalue weighted by Gasteiger charge is -2.14. The van der Waals surface area contributed by atoms with Crippen LogP contribution in [0.25, 0.3) is 0 Å². The van der Waals surface area contributed by atoms with Gasteiger partial charge in [-0.05, 0) is 23.6 Å². The molecule has 1 unspecified atom stereocenters. The topological polar surface area (TPSA) is 73.1 Å². The van der Waals surface area contributed by atoms with Gasteiger partial charge in [-0.3, -0.25) is 4.79 Å². The lowest BCUT2D eigenvalue weighted by molar-refractivity contribution is -0.121. The van der Waals surface area contributed by atoms with E-state index in [2.05, 4.69) is 5.32 Å². The molecule has 90 valence electrons. The molecule has 4 nitrogen and oxygen atoms in total. The number of nitrogens with zero attached hydrogens (tertiary/aromatic N) is 1. The van der Waals surface area contributed by atoms with Gasteiger partial charge in [-0.1, -0.05) is 26.0 Å². The summed E-state index contributed by atoms with van der Waals surface area (Å²) in [6.45, 7) is 3.75. The van der Waals surface area contributed by atoms with E-state index in [1.165, 1.54) is 6.07 Å². The highest BCUT2D eigenvalue weighted by molar-refractivity contribution is 5.79. The fourth-order valence-corrected chi connectivity index (χ4v) is 1.42. The quantitative estimate of drug-likeness (QED) is 0.828. The van der Waals surface area contributed by atoms with Crippen molar-refractivity contribution in [2.45, 2.75) is 26.3 Å². The van der Waals surface area contributed by atoms with Crippen molar-refractivity contribution in [1.82, 2.24) is 5.32 Å². The monoisotopic (exact) mass is 232 g/mol. The van der Waals surface area contributed by atoms with Crippen LogP contribution in [0.1, 0.15) is 19.4 Å². The molecular weight excluding hydrogens is 216 g/mol. The van der Waals surface area contributed by atoms with E-state index in [-0.39, 0.29) is 24.0 Å². The number of rotatable bonds is 4. The molecule has 1 aromatic rings. The van der Waals surface area contributed by atoms with Crippen molar-refractivity contribution in [2.75, 3.05) is 0 Å². The van der Waals surface area contributed by atoms with Gasteiger partial charge in [0.25, 0.3) is 0 Å². The number of amides is 1. The number of hydrogen-bond donors (Lipinski definition) is 2. The van der Waals surface area contributed by atoms with Gasteiger partial charge in [0.2, 0.25) is 5.91 Å². The summed E-state index contributed by atoms with van der Waals surface area (Å²) < 4.78 is 0. The molecule has 4 heteroatoms. The van der Waals surface area contributed by atoms with Gasteiger partial charge in [-0.25, -0.2) is 0 Å². The van der Waals surface area contributed by atoms with Crippen LogP contribution in [0.15, 0.2) is 24.3 Å². The Bertz CT molecular complexity index is 435. The van der Waals surface area contributed by atoms with E-state index in [9.17, 15) is 9.90 Å². The molecule has 0 aromatic heterocycles. The van der Waals surface area contributed by atoms with Crippen LogP contribution in [-0.4, -0.2) is 17.1 Å². The summed E-state index contributed by atoms with van der Waals surface area (Å²) in [4.78, 5) is 11.7. The van der Waals surface area contributed by atoms with Gasteiger partial charge in [-0.15, -0.1) is 0 Å². The average molecular weight is 232 g/mol. The molecule has 0 bridgehead atoms. The zero-order chi connectivity index (χ0) is 12.8. The molecule has 17 heavy (non-hydrogen) atoms. The molecule has 0 fully saturated rings. The number of nitrogens with one attached hydrogen (secondary N) is 1. The molecule has 1 amide bonds.